The molecule has 4 nitrogen and oxygen atoms in total. The first-order chi connectivity index (χ1) is 8.83. The van der Waals surface area contributed by atoms with Gasteiger partial charge in [0.1, 0.15) is 11.3 Å². The van der Waals surface area contributed by atoms with Crippen molar-refractivity contribution in [2.45, 2.75) is 20.1 Å². The number of hydrogen-bond acceptors (Lipinski definition) is 3. The summed E-state index contributed by atoms with van der Waals surface area (Å²) in [6.45, 7) is 4.97. The second-order valence-corrected chi connectivity index (χ2v) is 3.62. The predicted octanol–water partition coefficient (Wildman–Crippen LogP) is 2.31. The molecule has 94 valence electrons. The van der Waals surface area contributed by atoms with Gasteiger partial charge in [0, 0.05) is 24.8 Å². The van der Waals surface area contributed by atoms with E-state index in [2.05, 4.69) is 21.8 Å². The Labute approximate surface area is 106 Å². The molecule has 0 atom stereocenters. The van der Waals surface area contributed by atoms with Gasteiger partial charge in [0.25, 0.3) is 0 Å². The molecule has 0 amide bonds. The fourth-order valence-electron chi connectivity index (χ4n) is 1.57. The first-order valence-corrected chi connectivity index (χ1v) is 6.02. The Bertz CT molecular complexity index is 560. The Kier molecular flexibility index (Phi) is 4.35. The molecular formula is C14H16N2O2. The summed E-state index contributed by atoms with van der Waals surface area (Å²) >= 11 is 0. The minimum Gasteiger partial charge on any atom is -0.346 e. The average Bonchev–Trinajstić information content (AvgIpc) is 2.84. The summed E-state index contributed by atoms with van der Waals surface area (Å²) in [5, 5.41) is 1.08. The molecule has 0 bridgehead atoms. The molecule has 18 heavy (non-hydrogen) atoms. The van der Waals surface area contributed by atoms with Crippen molar-refractivity contribution < 1.29 is 9.47 Å². The maximum Gasteiger partial charge on any atom is 0.222 e. The van der Waals surface area contributed by atoms with Crippen molar-refractivity contribution in [2.24, 2.45) is 0 Å². The topological polar surface area (TPSA) is 47.1 Å². The van der Waals surface area contributed by atoms with Crippen LogP contribution < -0.4 is 0 Å². The Morgan fingerprint density at radius 1 is 1.22 bits per heavy atom. The standard InChI is InChI=1S/C14H16N2O2/c1-3-17-13(18-4-2)8-7-12-6-5-11-9-10-15-14(11)16-12/h5-6,9-10,13H,3-4H2,1-2H3,(H,15,16). The van der Waals surface area contributed by atoms with E-state index < -0.39 is 6.29 Å². The average molecular weight is 244 g/mol. The van der Waals surface area contributed by atoms with Gasteiger partial charge in [0.2, 0.25) is 6.29 Å². The third-order valence-corrected chi connectivity index (χ3v) is 2.36. The van der Waals surface area contributed by atoms with Crippen molar-refractivity contribution in [3.63, 3.8) is 0 Å². The van der Waals surface area contributed by atoms with Crippen LogP contribution in [0.3, 0.4) is 0 Å². The number of hydrogen-bond donors (Lipinski definition) is 1. The van der Waals surface area contributed by atoms with Gasteiger partial charge >= 0.3 is 0 Å². The minimum absolute atomic E-state index is 0.485. The first kappa shape index (κ1) is 12.6. The number of fused-ring (bicyclic) bond motifs is 1. The molecule has 2 heterocycles. The van der Waals surface area contributed by atoms with Crippen molar-refractivity contribution in [2.75, 3.05) is 13.2 Å². The summed E-state index contributed by atoms with van der Waals surface area (Å²) in [6, 6.07) is 5.85. The minimum atomic E-state index is -0.485. The number of aromatic amines is 1. The van der Waals surface area contributed by atoms with Crippen LogP contribution in [0.1, 0.15) is 19.5 Å². The largest absolute Gasteiger partial charge is 0.346 e. The Morgan fingerprint density at radius 3 is 2.72 bits per heavy atom. The molecule has 0 fully saturated rings. The molecule has 1 N–H and O–H groups in total. The van der Waals surface area contributed by atoms with Gasteiger partial charge in [0.15, 0.2) is 0 Å². The van der Waals surface area contributed by atoms with Crippen LogP contribution in [0, 0.1) is 11.8 Å². The number of ether oxygens (including phenoxy) is 2. The molecule has 4 heteroatoms. The molecule has 2 rings (SSSR count). The van der Waals surface area contributed by atoms with Crippen molar-refractivity contribution in [1.82, 2.24) is 9.97 Å². The maximum absolute atomic E-state index is 5.35. The smallest absolute Gasteiger partial charge is 0.222 e. The molecule has 0 aliphatic heterocycles. The Morgan fingerprint density at radius 2 is 2.00 bits per heavy atom. The van der Waals surface area contributed by atoms with Gasteiger partial charge < -0.3 is 14.5 Å². The summed E-state index contributed by atoms with van der Waals surface area (Å²) in [5.41, 5.74) is 1.54. The quantitative estimate of drug-likeness (QED) is 0.663. The van der Waals surface area contributed by atoms with Crippen LogP contribution in [-0.4, -0.2) is 29.5 Å². The Balaban J connectivity index is 2.16. The number of nitrogens with zero attached hydrogens (tertiary/aromatic N) is 1. The van der Waals surface area contributed by atoms with Crippen molar-refractivity contribution in [3.05, 3.63) is 30.1 Å². The van der Waals surface area contributed by atoms with Gasteiger partial charge in [-0.2, -0.15) is 0 Å². The number of pyridine rings is 1. The van der Waals surface area contributed by atoms with Crippen LogP contribution >= 0.6 is 0 Å². The van der Waals surface area contributed by atoms with E-state index in [1.807, 2.05) is 38.2 Å². The second-order valence-electron chi connectivity index (χ2n) is 3.62. The summed E-state index contributed by atoms with van der Waals surface area (Å²) in [5.74, 6) is 5.89. The van der Waals surface area contributed by atoms with E-state index in [4.69, 9.17) is 9.47 Å². The van der Waals surface area contributed by atoms with E-state index in [0.29, 0.717) is 18.9 Å². The van der Waals surface area contributed by atoms with Crippen LogP contribution in [-0.2, 0) is 9.47 Å². The fourth-order valence-corrected chi connectivity index (χ4v) is 1.57. The predicted molar refractivity (Wildman–Crippen MR) is 70.0 cm³/mol. The van der Waals surface area contributed by atoms with Gasteiger partial charge in [-0.1, -0.05) is 0 Å². The van der Waals surface area contributed by atoms with Gasteiger partial charge in [0.05, 0.1) is 0 Å². The zero-order valence-electron chi connectivity index (χ0n) is 10.6. The number of nitrogens with one attached hydrogen (secondary N) is 1. The van der Waals surface area contributed by atoms with E-state index in [1.54, 1.807) is 0 Å². The van der Waals surface area contributed by atoms with Gasteiger partial charge in [-0.25, -0.2) is 4.98 Å². The molecule has 2 aromatic heterocycles. The monoisotopic (exact) mass is 244 g/mol. The molecule has 0 unspecified atom stereocenters. The molecule has 0 saturated carbocycles. The highest BCUT2D eigenvalue weighted by Gasteiger charge is 2.02. The van der Waals surface area contributed by atoms with Gasteiger partial charge in [-0.05, 0) is 43.9 Å². The van der Waals surface area contributed by atoms with Gasteiger partial charge in [-0.15, -0.1) is 0 Å². The molecule has 0 aromatic carbocycles. The van der Waals surface area contributed by atoms with Crippen LogP contribution in [0.15, 0.2) is 24.4 Å². The van der Waals surface area contributed by atoms with Crippen LogP contribution in [0.25, 0.3) is 11.0 Å². The molecule has 2 aromatic rings. The van der Waals surface area contributed by atoms with Crippen molar-refractivity contribution >= 4 is 11.0 Å². The number of H-pyrrole nitrogens is 1. The number of aromatic nitrogens is 2. The van der Waals surface area contributed by atoms with E-state index in [-0.39, 0.29) is 0 Å². The number of rotatable bonds is 4. The van der Waals surface area contributed by atoms with E-state index in [0.717, 1.165) is 11.0 Å². The lowest BCUT2D eigenvalue weighted by molar-refractivity contribution is -0.0969. The molecule has 0 aliphatic carbocycles. The van der Waals surface area contributed by atoms with E-state index in [9.17, 15) is 0 Å². The first-order valence-electron chi connectivity index (χ1n) is 6.02. The third kappa shape index (κ3) is 3.10. The van der Waals surface area contributed by atoms with Crippen LogP contribution in [0.5, 0.6) is 0 Å². The summed E-state index contributed by atoms with van der Waals surface area (Å²) < 4.78 is 10.7. The third-order valence-electron chi connectivity index (χ3n) is 2.36. The van der Waals surface area contributed by atoms with Gasteiger partial charge in [-0.3, -0.25) is 0 Å². The second kappa shape index (κ2) is 6.20. The van der Waals surface area contributed by atoms with Crippen molar-refractivity contribution in [1.29, 1.82) is 0 Å². The van der Waals surface area contributed by atoms with E-state index in [1.165, 1.54) is 0 Å². The highest BCUT2D eigenvalue weighted by molar-refractivity contribution is 5.75. The summed E-state index contributed by atoms with van der Waals surface area (Å²) in [4.78, 5) is 7.44. The molecule has 0 saturated heterocycles. The molecular weight excluding hydrogens is 228 g/mol. The Hall–Kier alpha value is -1.83. The normalized spacial score (nSPS) is 10.6. The SMILES string of the molecule is CCOC(C#Cc1ccc2cc[nH]c2n1)OCC. The lowest BCUT2D eigenvalue weighted by Crippen LogP contribution is -2.14. The van der Waals surface area contributed by atoms with Crippen LogP contribution in [0.2, 0.25) is 0 Å². The molecule has 0 aliphatic rings. The zero-order chi connectivity index (χ0) is 12.8. The van der Waals surface area contributed by atoms with Crippen molar-refractivity contribution in [3.8, 4) is 11.8 Å². The lowest BCUT2D eigenvalue weighted by atomic mass is 10.3. The summed E-state index contributed by atoms with van der Waals surface area (Å²) in [6.07, 6.45) is 1.37. The highest BCUT2D eigenvalue weighted by atomic mass is 16.7. The lowest BCUT2D eigenvalue weighted by Gasteiger charge is -2.09. The molecule has 0 spiro atoms. The highest BCUT2D eigenvalue weighted by Crippen LogP contribution is 2.09. The fraction of sp³-hybridized carbons (Fsp3) is 0.357. The zero-order valence-corrected chi connectivity index (χ0v) is 10.6. The molecule has 0 radical (unpaired) electrons. The van der Waals surface area contributed by atoms with Crippen LogP contribution in [0.4, 0.5) is 0 Å². The van der Waals surface area contributed by atoms with E-state index >= 15 is 0 Å². The maximum atomic E-state index is 5.35. The summed E-state index contributed by atoms with van der Waals surface area (Å²) in [7, 11) is 0.